The lowest BCUT2D eigenvalue weighted by Crippen LogP contribution is -2.50. The molecule has 4 N–H and O–H groups in total. The Morgan fingerprint density at radius 1 is 1.26 bits per heavy atom. The summed E-state index contributed by atoms with van der Waals surface area (Å²) in [7, 11) is 0. The monoisotopic (exact) mass is 388 g/mol. The largest absolute Gasteiger partial charge is 0.376 e. The molecule has 2 heterocycles. The van der Waals surface area contributed by atoms with Gasteiger partial charge in [0.05, 0.1) is 18.8 Å². The van der Waals surface area contributed by atoms with Crippen LogP contribution in [0.3, 0.4) is 0 Å². The number of rotatable bonds is 8. The number of ether oxygens (including phenoxy) is 1. The Morgan fingerprint density at radius 2 is 2.00 bits per heavy atom. The molecule has 0 radical (unpaired) electrons. The summed E-state index contributed by atoms with van der Waals surface area (Å²) in [5.41, 5.74) is 11.9. The SMILES string of the molecule is CC(N)(CC(COCc1ccccc1)c1nnc2ccc(Cl)nn12)C(N)=O. The van der Waals surface area contributed by atoms with Gasteiger partial charge in [0.2, 0.25) is 5.91 Å². The number of fused-ring (bicyclic) bond motifs is 1. The third-order valence-electron chi connectivity index (χ3n) is 4.28. The maximum absolute atomic E-state index is 11.7. The summed E-state index contributed by atoms with van der Waals surface area (Å²) in [4.78, 5) is 11.7. The van der Waals surface area contributed by atoms with Crippen LogP contribution in [-0.2, 0) is 16.1 Å². The van der Waals surface area contributed by atoms with Crippen molar-refractivity contribution in [3.63, 3.8) is 0 Å². The Morgan fingerprint density at radius 3 is 2.70 bits per heavy atom. The second-order valence-electron chi connectivity index (χ2n) is 6.67. The van der Waals surface area contributed by atoms with E-state index < -0.39 is 11.4 Å². The molecule has 0 aliphatic rings. The summed E-state index contributed by atoms with van der Waals surface area (Å²) in [5.74, 6) is -0.439. The maximum Gasteiger partial charge on any atom is 0.237 e. The average Bonchev–Trinajstić information content (AvgIpc) is 3.04. The number of benzene rings is 1. The van der Waals surface area contributed by atoms with E-state index in [9.17, 15) is 4.79 Å². The van der Waals surface area contributed by atoms with Crippen molar-refractivity contribution in [2.75, 3.05) is 6.61 Å². The van der Waals surface area contributed by atoms with Gasteiger partial charge < -0.3 is 16.2 Å². The van der Waals surface area contributed by atoms with Crippen molar-refractivity contribution in [1.82, 2.24) is 19.8 Å². The lowest BCUT2D eigenvalue weighted by Gasteiger charge is -2.25. The molecule has 9 heteroatoms. The quantitative estimate of drug-likeness (QED) is 0.605. The molecule has 0 aliphatic carbocycles. The van der Waals surface area contributed by atoms with Crippen LogP contribution in [0.15, 0.2) is 42.5 Å². The van der Waals surface area contributed by atoms with Crippen molar-refractivity contribution in [1.29, 1.82) is 0 Å². The minimum Gasteiger partial charge on any atom is -0.376 e. The summed E-state index contributed by atoms with van der Waals surface area (Å²) in [6.45, 7) is 2.27. The van der Waals surface area contributed by atoms with Gasteiger partial charge in [-0.25, -0.2) is 0 Å². The highest BCUT2D eigenvalue weighted by Gasteiger charge is 2.33. The average molecular weight is 389 g/mol. The van der Waals surface area contributed by atoms with Crippen LogP contribution in [0.4, 0.5) is 0 Å². The number of carbonyl (C=O) groups excluding carboxylic acids is 1. The van der Waals surface area contributed by atoms with E-state index in [1.54, 1.807) is 19.1 Å². The Kier molecular flexibility index (Phi) is 5.69. The van der Waals surface area contributed by atoms with Gasteiger partial charge in [0, 0.05) is 5.92 Å². The minimum absolute atomic E-state index is 0.228. The third kappa shape index (κ3) is 4.60. The first-order valence-corrected chi connectivity index (χ1v) is 8.83. The Hall–Kier alpha value is -2.55. The third-order valence-corrected chi connectivity index (χ3v) is 4.49. The molecule has 2 atom stereocenters. The zero-order valence-corrected chi connectivity index (χ0v) is 15.6. The van der Waals surface area contributed by atoms with Crippen molar-refractivity contribution in [3.05, 3.63) is 59.0 Å². The summed E-state index contributed by atoms with van der Waals surface area (Å²) in [6.07, 6.45) is 0.228. The van der Waals surface area contributed by atoms with E-state index in [0.29, 0.717) is 23.2 Å². The van der Waals surface area contributed by atoms with Gasteiger partial charge in [-0.2, -0.15) is 9.61 Å². The number of hydrogen-bond acceptors (Lipinski definition) is 6. The smallest absolute Gasteiger partial charge is 0.237 e. The van der Waals surface area contributed by atoms with Gasteiger partial charge in [-0.05, 0) is 31.0 Å². The maximum atomic E-state index is 11.7. The van der Waals surface area contributed by atoms with Gasteiger partial charge in [-0.15, -0.1) is 10.2 Å². The lowest BCUT2D eigenvalue weighted by atomic mass is 9.89. The molecule has 1 aromatic carbocycles. The van der Waals surface area contributed by atoms with Gasteiger partial charge in [0.15, 0.2) is 11.5 Å². The van der Waals surface area contributed by atoms with Crippen LogP contribution in [-0.4, -0.2) is 37.9 Å². The molecule has 0 saturated carbocycles. The van der Waals surface area contributed by atoms with Crippen molar-refractivity contribution >= 4 is 23.2 Å². The topological polar surface area (TPSA) is 121 Å². The number of aromatic nitrogens is 4. The molecule has 27 heavy (non-hydrogen) atoms. The highest BCUT2D eigenvalue weighted by Crippen LogP contribution is 2.25. The van der Waals surface area contributed by atoms with Gasteiger partial charge >= 0.3 is 0 Å². The molecule has 0 saturated heterocycles. The van der Waals surface area contributed by atoms with Crippen molar-refractivity contribution < 1.29 is 9.53 Å². The van der Waals surface area contributed by atoms with Gasteiger partial charge in [-0.1, -0.05) is 41.9 Å². The van der Waals surface area contributed by atoms with Crippen LogP contribution < -0.4 is 11.5 Å². The summed E-state index contributed by atoms with van der Waals surface area (Å²) in [6, 6.07) is 13.1. The van der Waals surface area contributed by atoms with Crippen LogP contribution in [0.1, 0.15) is 30.7 Å². The summed E-state index contributed by atoms with van der Waals surface area (Å²) < 4.78 is 7.40. The molecule has 3 aromatic rings. The molecular formula is C18H21ClN6O2. The molecule has 0 fully saturated rings. The van der Waals surface area contributed by atoms with E-state index in [4.69, 9.17) is 27.8 Å². The number of hydrogen-bond donors (Lipinski definition) is 2. The van der Waals surface area contributed by atoms with Crippen LogP contribution in [0, 0.1) is 0 Å². The first-order valence-electron chi connectivity index (χ1n) is 8.45. The van der Waals surface area contributed by atoms with E-state index in [0.717, 1.165) is 5.56 Å². The molecule has 8 nitrogen and oxygen atoms in total. The summed E-state index contributed by atoms with van der Waals surface area (Å²) in [5, 5.41) is 12.9. The van der Waals surface area contributed by atoms with Crippen LogP contribution in [0.5, 0.6) is 0 Å². The highest BCUT2D eigenvalue weighted by molar-refractivity contribution is 6.29. The lowest BCUT2D eigenvalue weighted by molar-refractivity contribution is -0.123. The number of amides is 1. The number of carbonyl (C=O) groups is 1. The molecule has 2 unspecified atom stereocenters. The highest BCUT2D eigenvalue weighted by atomic mass is 35.5. The van der Waals surface area contributed by atoms with Crippen LogP contribution in [0.25, 0.3) is 5.65 Å². The second kappa shape index (κ2) is 7.99. The molecular weight excluding hydrogens is 368 g/mol. The van der Waals surface area contributed by atoms with Crippen molar-refractivity contribution in [2.24, 2.45) is 11.5 Å². The molecule has 142 valence electrons. The molecule has 0 spiro atoms. The van der Waals surface area contributed by atoms with Gasteiger partial charge in [-0.3, -0.25) is 4.79 Å². The molecule has 0 bridgehead atoms. The summed E-state index contributed by atoms with van der Waals surface area (Å²) >= 11 is 6.00. The fourth-order valence-electron chi connectivity index (χ4n) is 2.77. The number of primary amides is 1. The van der Waals surface area contributed by atoms with E-state index in [1.165, 1.54) is 4.52 Å². The zero-order valence-electron chi connectivity index (χ0n) is 14.9. The van der Waals surface area contributed by atoms with Crippen LogP contribution >= 0.6 is 11.6 Å². The van der Waals surface area contributed by atoms with Gasteiger partial charge in [0.25, 0.3) is 0 Å². The van der Waals surface area contributed by atoms with E-state index >= 15 is 0 Å². The molecule has 0 aliphatic heterocycles. The normalized spacial score (nSPS) is 14.8. The first kappa shape index (κ1) is 19.2. The second-order valence-corrected chi connectivity index (χ2v) is 7.05. The molecule has 1 amide bonds. The van der Waals surface area contributed by atoms with E-state index in [1.807, 2.05) is 30.3 Å². The first-order chi connectivity index (χ1) is 12.9. The predicted octanol–water partition coefficient (Wildman–Crippen LogP) is 1.67. The molecule has 2 aromatic heterocycles. The predicted molar refractivity (Wildman–Crippen MR) is 101 cm³/mol. The van der Waals surface area contributed by atoms with Crippen LogP contribution in [0.2, 0.25) is 5.15 Å². The van der Waals surface area contributed by atoms with Gasteiger partial charge in [0.1, 0.15) is 5.15 Å². The molecule has 3 rings (SSSR count). The number of halogens is 1. The zero-order chi connectivity index (χ0) is 19.4. The van der Waals surface area contributed by atoms with E-state index in [2.05, 4.69) is 15.3 Å². The number of nitrogens with zero attached hydrogens (tertiary/aromatic N) is 4. The standard InChI is InChI=1S/C18H21ClN6O2/c1-18(21,17(20)26)9-13(11-27-10-12-5-3-2-4-6-12)16-23-22-15-8-7-14(19)24-25(15)16/h2-8,13H,9-11,21H2,1H3,(H2,20,26). The Bertz CT molecular complexity index is 928. The fourth-order valence-corrected chi connectivity index (χ4v) is 2.91. The Labute approximate surface area is 161 Å². The van der Waals surface area contributed by atoms with E-state index in [-0.39, 0.29) is 18.9 Å². The van der Waals surface area contributed by atoms with Crippen molar-refractivity contribution in [3.8, 4) is 0 Å². The van der Waals surface area contributed by atoms with Crippen molar-refractivity contribution in [2.45, 2.75) is 31.4 Å². The minimum atomic E-state index is -1.23. The fraction of sp³-hybridized carbons (Fsp3) is 0.333. The Balaban J connectivity index is 1.84. The number of nitrogens with two attached hydrogens (primary N) is 2.